The summed E-state index contributed by atoms with van der Waals surface area (Å²) in [5, 5.41) is 2.98. The van der Waals surface area contributed by atoms with E-state index in [2.05, 4.69) is 17.4 Å². The van der Waals surface area contributed by atoms with E-state index >= 15 is 0 Å². The molecule has 2 aromatic rings. The fraction of sp³-hybridized carbons (Fsp3) is 0.370. The number of amides is 2. The molecule has 0 saturated carbocycles. The number of aryl methyl sites for hydroxylation is 1. The first kappa shape index (κ1) is 24.2. The van der Waals surface area contributed by atoms with Gasteiger partial charge in [0.05, 0.1) is 12.2 Å². The molecule has 2 atom stereocenters. The molecule has 2 amide bonds. The molecule has 1 aliphatic heterocycles. The number of benzene rings is 2. The fourth-order valence-corrected chi connectivity index (χ4v) is 4.21. The van der Waals surface area contributed by atoms with Crippen LogP contribution >= 0.6 is 0 Å². The molecule has 0 aromatic heterocycles. The molecule has 0 fully saturated rings. The van der Waals surface area contributed by atoms with Gasteiger partial charge in [0.25, 0.3) is 0 Å². The molecule has 174 valence electrons. The molecule has 1 aliphatic rings. The van der Waals surface area contributed by atoms with Gasteiger partial charge in [0, 0.05) is 24.1 Å². The quantitative estimate of drug-likeness (QED) is 0.589. The number of esters is 1. The number of allylic oxidation sites excluding steroid dienone is 1. The lowest BCUT2D eigenvalue weighted by molar-refractivity contribution is -0.141. The number of carbonyl (C=O) groups is 3. The molecule has 1 heterocycles. The van der Waals surface area contributed by atoms with Crippen molar-refractivity contribution in [2.24, 2.45) is 0 Å². The second-order valence-electron chi connectivity index (χ2n) is 8.36. The molecular formula is C27H32N2O4. The second-order valence-corrected chi connectivity index (χ2v) is 8.36. The third-order valence-electron chi connectivity index (χ3n) is 5.94. The highest BCUT2D eigenvalue weighted by atomic mass is 16.5. The number of nitrogens with zero attached hydrogens (tertiary/aromatic N) is 1. The first-order chi connectivity index (χ1) is 15.9. The summed E-state index contributed by atoms with van der Waals surface area (Å²) in [6.45, 7) is 5.54. The zero-order chi connectivity index (χ0) is 23.8. The predicted octanol–water partition coefficient (Wildman–Crippen LogP) is 3.98. The van der Waals surface area contributed by atoms with Crippen molar-refractivity contribution in [1.82, 2.24) is 10.2 Å². The zero-order valence-electron chi connectivity index (χ0n) is 19.5. The topological polar surface area (TPSA) is 75.7 Å². The average Bonchev–Trinajstić information content (AvgIpc) is 2.81. The van der Waals surface area contributed by atoms with E-state index in [1.165, 1.54) is 10.5 Å². The summed E-state index contributed by atoms with van der Waals surface area (Å²) in [6.07, 6.45) is 1.77. The molecule has 6 nitrogen and oxygen atoms in total. The van der Waals surface area contributed by atoms with Gasteiger partial charge < -0.3 is 15.0 Å². The number of hydrogen-bond acceptors (Lipinski definition) is 4. The molecule has 0 aliphatic carbocycles. The summed E-state index contributed by atoms with van der Waals surface area (Å²) >= 11 is 0. The standard InChI is InChI=1S/C27H32N2O4/c1-4-33-27(32)26-20(3)29(25(31)17-23(26)22-13-9-6-10-14-22)18-24(30)28-19(2)15-16-21-11-7-5-8-12-21/h5-14,19,23H,4,15-18H2,1-3H3,(H,28,30). The first-order valence-corrected chi connectivity index (χ1v) is 11.5. The van der Waals surface area contributed by atoms with Crippen molar-refractivity contribution in [3.63, 3.8) is 0 Å². The van der Waals surface area contributed by atoms with E-state index in [0.717, 1.165) is 18.4 Å². The van der Waals surface area contributed by atoms with E-state index < -0.39 is 5.97 Å². The van der Waals surface area contributed by atoms with E-state index in [1.54, 1.807) is 13.8 Å². The largest absolute Gasteiger partial charge is 0.463 e. The SMILES string of the molecule is CCOC(=O)C1=C(C)N(CC(=O)NC(C)CCc2ccccc2)C(=O)CC1c1ccccc1. The summed E-state index contributed by atoms with van der Waals surface area (Å²) in [5.41, 5.74) is 3.01. The number of hydrogen-bond donors (Lipinski definition) is 1. The molecule has 33 heavy (non-hydrogen) atoms. The Morgan fingerprint density at radius 1 is 1.09 bits per heavy atom. The molecular weight excluding hydrogens is 416 g/mol. The van der Waals surface area contributed by atoms with Gasteiger partial charge in [0.2, 0.25) is 11.8 Å². The Hall–Kier alpha value is -3.41. The Morgan fingerprint density at radius 2 is 1.73 bits per heavy atom. The van der Waals surface area contributed by atoms with Gasteiger partial charge in [-0.25, -0.2) is 4.79 Å². The molecule has 0 bridgehead atoms. The number of rotatable bonds is 9. The summed E-state index contributed by atoms with van der Waals surface area (Å²) in [7, 11) is 0. The Kier molecular flexibility index (Phi) is 8.41. The van der Waals surface area contributed by atoms with E-state index in [1.807, 2.05) is 55.5 Å². The summed E-state index contributed by atoms with van der Waals surface area (Å²) in [4.78, 5) is 40.0. The fourth-order valence-electron chi connectivity index (χ4n) is 4.21. The second kappa shape index (κ2) is 11.5. The van der Waals surface area contributed by atoms with Gasteiger partial charge in [-0.1, -0.05) is 60.7 Å². The van der Waals surface area contributed by atoms with Crippen LogP contribution in [-0.4, -0.2) is 41.9 Å². The average molecular weight is 449 g/mol. The minimum Gasteiger partial charge on any atom is -0.463 e. The first-order valence-electron chi connectivity index (χ1n) is 11.5. The van der Waals surface area contributed by atoms with Crippen LogP contribution in [-0.2, 0) is 25.5 Å². The highest BCUT2D eigenvalue weighted by Gasteiger charge is 2.37. The van der Waals surface area contributed by atoms with Crippen LogP contribution in [0.4, 0.5) is 0 Å². The van der Waals surface area contributed by atoms with Crippen molar-refractivity contribution in [2.75, 3.05) is 13.2 Å². The molecule has 0 spiro atoms. The highest BCUT2D eigenvalue weighted by molar-refractivity contribution is 5.97. The van der Waals surface area contributed by atoms with Gasteiger partial charge in [0.1, 0.15) is 6.54 Å². The lowest BCUT2D eigenvalue weighted by atomic mass is 9.83. The third-order valence-corrected chi connectivity index (χ3v) is 5.94. The van der Waals surface area contributed by atoms with Gasteiger partial charge in [-0.3, -0.25) is 9.59 Å². The highest BCUT2D eigenvalue weighted by Crippen LogP contribution is 2.36. The van der Waals surface area contributed by atoms with Gasteiger partial charge >= 0.3 is 5.97 Å². The Bertz CT molecular complexity index is 1000. The molecule has 1 N–H and O–H groups in total. The number of ether oxygens (including phenoxy) is 1. The Balaban J connectivity index is 1.72. The smallest absolute Gasteiger partial charge is 0.336 e. The van der Waals surface area contributed by atoms with Crippen LogP contribution < -0.4 is 5.32 Å². The molecule has 2 aromatic carbocycles. The minimum absolute atomic E-state index is 0.0384. The maximum absolute atomic E-state index is 13.0. The van der Waals surface area contributed by atoms with Crippen molar-refractivity contribution in [2.45, 2.75) is 52.0 Å². The van der Waals surface area contributed by atoms with E-state index in [-0.39, 0.29) is 43.3 Å². The van der Waals surface area contributed by atoms with Crippen LogP contribution in [0.5, 0.6) is 0 Å². The van der Waals surface area contributed by atoms with Gasteiger partial charge in [0.15, 0.2) is 0 Å². The Morgan fingerprint density at radius 3 is 2.36 bits per heavy atom. The van der Waals surface area contributed by atoms with Gasteiger partial charge in [-0.05, 0) is 44.7 Å². The molecule has 3 rings (SSSR count). The zero-order valence-corrected chi connectivity index (χ0v) is 19.5. The van der Waals surface area contributed by atoms with Crippen molar-refractivity contribution in [3.8, 4) is 0 Å². The van der Waals surface area contributed by atoms with E-state index in [0.29, 0.717) is 11.3 Å². The van der Waals surface area contributed by atoms with Gasteiger partial charge in [-0.15, -0.1) is 0 Å². The van der Waals surface area contributed by atoms with Crippen molar-refractivity contribution in [3.05, 3.63) is 83.1 Å². The van der Waals surface area contributed by atoms with Crippen molar-refractivity contribution < 1.29 is 19.1 Å². The van der Waals surface area contributed by atoms with E-state index in [9.17, 15) is 14.4 Å². The summed E-state index contributed by atoms with van der Waals surface area (Å²) in [6, 6.07) is 19.5. The van der Waals surface area contributed by atoms with Crippen LogP contribution in [0.1, 0.15) is 50.7 Å². The van der Waals surface area contributed by atoms with Crippen molar-refractivity contribution >= 4 is 17.8 Å². The number of carbonyl (C=O) groups excluding carboxylic acids is 3. The normalized spacial score (nSPS) is 17.0. The lowest BCUT2D eigenvalue weighted by Crippen LogP contribution is -2.45. The minimum atomic E-state index is -0.446. The van der Waals surface area contributed by atoms with Crippen LogP contribution in [0.15, 0.2) is 71.9 Å². The van der Waals surface area contributed by atoms with Crippen LogP contribution in [0.3, 0.4) is 0 Å². The van der Waals surface area contributed by atoms with Crippen molar-refractivity contribution in [1.29, 1.82) is 0 Å². The van der Waals surface area contributed by atoms with Crippen LogP contribution in [0.25, 0.3) is 0 Å². The third kappa shape index (κ3) is 6.31. The van der Waals surface area contributed by atoms with Gasteiger partial charge in [-0.2, -0.15) is 0 Å². The monoisotopic (exact) mass is 448 g/mol. The van der Waals surface area contributed by atoms with Crippen LogP contribution in [0.2, 0.25) is 0 Å². The summed E-state index contributed by atoms with van der Waals surface area (Å²) < 4.78 is 5.30. The van der Waals surface area contributed by atoms with E-state index in [4.69, 9.17) is 4.74 Å². The number of nitrogens with one attached hydrogen (secondary N) is 1. The maximum atomic E-state index is 13.0. The predicted molar refractivity (Wildman–Crippen MR) is 127 cm³/mol. The molecule has 6 heteroatoms. The maximum Gasteiger partial charge on any atom is 0.336 e. The van der Waals surface area contributed by atoms with Crippen LogP contribution in [0, 0.1) is 0 Å². The molecule has 2 unspecified atom stereocenters. The molecule has 0 radical (unpaired) electrons. The Labute approximate surface area is 195 Å². The summed E-state index contributed by atoms with van der Waals surface area (Å²) in [5.74, 6) is -1.26. The molecule has 0 saturated heterocycles. The lowest BCUT2D eigenvalue weighted by Gasteiger charge is -2.34.